The highest BCUT2D eigenvalue weighted by Gasteiger charge is 2.06. The van der Waals surface area contributed by atoms with Crippen molar-refractivity contribution in [2.24, 2.45) is 0 Å². The number of aromatic nitrogens is 2. The predicted octanol–water partition coefficient (Wildman–Crippen LogP) is 3.88. The molecule has 1 aromatic heterocycles. The van der Waals surface area contributed by atoms with E-state index in [4.69, 9.17) is 16.3 Å². The third kappa shape index (κ3) is 3.79. The van der Waals surface area contributed by atoms with Crippen LogP contribution >= 0.6 is 11.6 Å². The summed E-state index contributed by atoms with van der Waals surface area (Å²) in [5.41, 5.74) is 0. The maximum absolute atomic E-state index is 12.9. The molecule has 0 amide bonds. The first-order valence-corrected chi connectivity index (χ1v) is 6.25. The standard InChI is InChI=1S/C13H13ClFN3O/c1-2-5-16-12-7-13(18-8-17-12)19-11-4-3-9(15)6-10(11)14/h3-4,6-8H,2,5H2,1H3,(H,16,17,18). The monoisotopic (exact) mass is 281 g/mol. The number of anilines is 1. The third-order valence-electron chi connectivity index (χ3n) is 2.31. The fraction of sp³-hybridized carbons (Fsp3) is 0.231. The topological polar surface area (TPSA) is 47.0 Å². The van der Waals surface area contributed by atoms with Gasteiger partial charge in [-0.15, -0.1) is 0 Å². The van der Waals surface area contributed by atoms with E-state index in [0.29, 0.717) is 17.4 Å². The summed E-state index contributed by atoms with van der Waals surface area (Å²) in [4.78, 5) is 8.04. The molecule has 4 nitrogen and oxygen atoms in total. The van der Waals surface area contributed by atoms with Crippen LogP contribution in [0.25, 0.3) is 0 Å². The Morgan fingerprint density at radius 1 is 1.32 bits per heavy atom. The van der Waals surface area contributed by atoms with E-state index in [0.717, 1.165) is 13.0 Å². The molecule has 19 heavy (non-hydrogen) atoms. The SMILES string of the molecule is CCCNc1cc(Oc2ccc(F)cc2Cl)ncn1. The number of hydrogen-bond donors (Lipinski definition) is 1. The molecule has 6 heteroatoms. The van der Waals surface area contributed by atoms with E-state index in [1.54, 1.807) is 6.07 Å². The number of hydrogen-bond acceptors (Lipinski definition) is 4. The lowest BCUT2D eigenvalue weighted by molar-refractivity contribution is 0.460. The van der Waals surface area contributed by atoms with Crippen LogP contribution in [-0.4, -0.2) is 16.5 Å². The summed E-state index contributed by atoms with van der Waals surface area (Å²) in [5.74, 6) is 0.959. The van der Waals surface area contributed by atoms with E-state index in [1.807, 2.05) is 0 Å². The summed E-state index contributed by atoms with van der Waals surface area (Å²) >= 11 is 5.88. The van der Waals surface area contributed by atoms with Gasteiger partial charge in [-0.05, 0) is 24.6 Å². The van der Waals surface area contributed by atoms with E-state index in [2.05, 4.69) is 22.2 Å². The van der Waals surface area contributed by atoms with Crippen molar-refractivity contribution in [3.05, 3.63) is 41.4 Å². The van der Waals surface area contributed by atoms with E-state index >= 15 is 0 Å². The molecule has 0 saturated carbocycles. The first-order valence-electron chi connectivity index (χ1n) is 5.88. The highest BCUT2D eigenvalue weighted by atomic mass is 35.5. The summed E-state index contributed by atoms with van der Waals surface area (Å²) in [6.45, 7) is 2.87. The fourth-order valence-corrected chi connectivity index (χ4v) is 1.62. The normalized spacial score (nSPS) is 10.3. The second-order valence-electron chi connectivity index (χ2n) is 3.85. The average Bonchev–Trinajstić information content (AvgIpc) is 2.40. The van der Waals surface area contributed by atoms with Crippen molar-refractivity contribution in [2.45, 2.75) is 13.3 Å². The molecule has 0 atom stereocenters. The molecule has 0 unspecified atom stereocenters. The fourth-order valence-electron chi connectivity index (χ4n) is 1.42. The van der Waals surface area contributed by atoms with Crippen LogP contribution in [0, 0.1) is 5.82 Å². The predicted molar refractivity (Wildman–Crippen MR) is 72.3 cm³/mol. The lowest BCUT2D eigenvalue weighted by atomic mass is 10.3. The quantitative estimate of drug-likeness (QED) is 0.903. The molecule has 0 saturated heterocycles. The van der Waals surface area contributed by atoms with Crippen molar-refractivity contribution in [1.82, 2.24) is 9.97 Å². The number of nitrogens with zero attached hydrogens (tertiary/aromatic N) is 2. The molecule has 0 spiro atoms. The van der Waals surface area contributed by atoms with Crippen molar-refractivity contribution < 1.29 is 9.13 Å². The summed E-state index contributed by atoms with van der Waals surface area (Å²) < 4.78 is 18.4. The lowest BCUT2D eigenvalue weighted by Gasteiger charge is -2.08. The van der Waals surface area contributed by atoms with Gasteiger partial charge in [-0.3, -0.25) is 0 Å². The lowest BCUT2D eigenvalue weighted by Crippen LogP contribution is -2.02. The zero-order valence-corrected chi connectivity index (χ0v) is 11.1. The van der Waals surface area contributed by atoms with Gasteiger partial charge >= 0.3 is 0 Å². The maximum atomic E-state index is 12.9. The van der Waals surface area contributed by atoms with Gasteiger partial charge in [0.05, 0.1) is 5.02 Å². The molecular formula is C13H13ClFN3O. The molecule has 1 N–H and O–H groups in total. The Morgan fingerprint density at radius 2 is 2.16 bits per heavy atom. The van der Waals surface area contributed by atoms with Gasteiger partial charge in [-0.25, -0.2) is 14.4 Å². The Morgan fingerprint density at radius 3 is 2.89 bits per heavy atom. The summed E-state index contributed by atoms with van der Waals surface area (Å²) in [6, 6.07) is 5.58. The molecule has 0 radical (unpaired) electrons. The van der Waals surface area contributed by atoms with Gasteiger partial charge in [0.2, 0.25) is 5.88 Å². The number of ether oxygens (including phenoxy) is 1. The number of rotatable bonds is 5. The zero-order valence-electron chi connectivity index (χ0n) is 10.4. The molecule has 0 aliphatic rings. The molecule has 0 bridgehead atoms. The number of halogens is 2. The van der Waals surface area contributed by atoms with Gasteiger partial charge < -0.3 is 10.1 Å². The van der Waals surface area contributed by atoms with Crippen LogP contribution in [-0.2, 0) is 0 Å². The highest BCUT2D eigenvalue weighted by Crippen LogP contribution is 2.29. The minimum Gasteiger partial charge on any atom is -0.437 e. The van der Waals surface area contributed by atoms with E-state index in [-0.39, 0.29) is 5.02 Å². The second-order valence-corrected chi connectivity index (χ2v) is 4.25. The van der Waals surface area contributed by atoms with E-state index < -0.39 is 5.82 Å². The van der Waals surface area contributed by atoms with Gasteiger partial charge in [0, 0.05) is 12.6 Å². The van der Waals surface area contributed by atoms with Crippen molar-refractivity contribution in [3.63, 3.8) is 0 Å². The Bertz CT molecular complexity index is 565. The first kappa shape index (κ1) is 13.5. The summed E-state index contributed by atoms with van der Waals surface area (Å²) in [6.07, 6.45) is 2.38. The van der Waals surface area contributed by atoms with E-state index in [9.17, 15) is 4.39 Å². The Labute approximate surface area is 115 Å². The van der Waals surface area contributed by atoms with Crippen LogP contribution in [0.15, 0.2) is 30.6 Å². The molecule has 0 aliphatic carbocycles. The molecule has 1 heterocycles. The van der Waals surface area contributed by atoms with Crippen LogP contribution < -0.4 is 10.1 Å². The molecule has 1 aromatic carbocycles. The van der Waals surface area contributed by atoms with Crippen LogP contribution in [0.1, 0.15) is 13.3 Å². The minimum atomic E-state index is -0.412. The first-order chi connectivity index (χ1) is 9.19. The van der Waals surface area contributed by atoms with Crippen molar-refractivity contribution in [3.8, 4) is 11.6 Å². The van der Waals surface area contributed by atoms with Gasteiger partial charge in [-0.1, -0.05) is 18.5 Å². The molecular weight excluding hydrogens is 269 g/mol. The zero-order chi connectivity index (χ0) is 13.7. The minimum absolute atomic E-state index is 0.196. The number of nitrogens with one attached hydrogen (secondary N) is 1. The molecule has 0 fully saturated rings. The average molecular weight is 282 g/mol. The van der Waals surface area contributed by atoms with Crippen molar-refractivity contribution in [1.29, 1.82) is 0 Å². The van der Waals surface area contributed by atoms with E-state index in [1.165, 1.54) is 24.5 Å². The van der Waals surface area contributed by atoms with Crippen LogP contribution in [0.3, 0.4) is 0 Å². The highest BCUT2D eigenvalue weighted by molar-refractivity contribution is 6.32. The summed E-state index contributed by atoms with van der Waals surface area (Å²) in [7, 11) is 0. The van der Waals surface area contributed by atoms with Crippen LogP contribution in [0.4, 0.5) is 10.2 Å². The number of benzene rings is 1. The van der Waals surface area contributed by atoms with Crippen molar-refractivity contribution in [2.75, 3.05) is 11.9 Å². The smallest absolute Gasteiger partial charge is 0.224 e. The maximum Gasteiger partial charge on any atom is 0.224 e. The Kier molecular flexibility index (Phi) is 4.52. The van der Waals surface area contributed by atoms with Crippen LogP contribution in [0.2, 0.25) is 5.02 Å². The third-order valence-corrected chi connectivity index (χ3v) is 2.60. The molecule has 2 aromatic rings. The van der Waals surface area contributed by atoms with Gasteiger partial charge in [-0.2, -0.15) is 0 Å². The van der Waals surface area contributed by atoms with Crippen LogP contribution in [0.5, 0.6) is 11.6 Å². The van der Waals surface area contributed by atoms with Gasteiger partial charge in [0.15, 0.2) is 0 Å². The largest absolute Gasteiger partial charge is 0.437 e. The molecule has 2 rings (SSSR count). The summed E-state index contributed by atoms with van der Waals surface area (Å²) in [5, 5.41) is 3.32. The van der Waals surface area contributed by atoms with Gasteiger partial charge in [0.1, 0.15) is 23.7 Å². The molecule has 100 valence electrons. The Balaban J connectivity index is 2.14. The molecule has 0 aliphatic heterocycles. The Hall–Kier alpha value is -1.88. The van der Waals surface area contributed by atoms with Crippen molar-refractivity contribution >= 4 is 17.4 Å². The second kappa shape index (κ2) is 6.33. The van der Waals surface area contributed by atoms with Gasteiger partial charge in [0.25, 0.3) is 0 Å².